The van der Waals surface area contributed by atoms with E-state index >= 15 is 0 Å². The average Bonchev–Trinajstić information content (AvgIpc) is 3.47. The van der Waals surface area contributed by atoms with Gasteiger partial charge in [0, 0.05) is 23.2 Å². The quantitative estimate of drug-likeness (QED) is 0.402. The number of aromatic nitrogens is 2. The molecule has 9 heteroatoms. The molecule has 0 spiro atoms. The molecule has 0 bridgehead atoms. The largest absolute Gasteiger partial charge is 0.467 e. The third-order valence-electron chi connectivity index (χ3n) is 4.93. The van der Waals surface area contributed by atoms with E-state index in [0.717, 1.165) is 0 Å². The molecule has 2 heterocycles. The van der Waals surface area contributed by atoms with Crippen LogP contribution < -0.4 is 10.6 Å². The molecule has 0 fully saturated rings. The molecule has 33 heavy (non-hydrogen) atoms. The van der Waals surface area contributed by atoms with Crippen LogP contribution in [0.1, 0.15) is 42.5 Å². The standard InChI is InChI=1S/C24H19ClN4O4/c1-29-21(24(32)26-13-17-5-4-12-33-17)20(14-27-29)28-23(31)19-7-3-2-6-18(19)22(30)15-8-10-16(25)11-9-15/h2-12,14H,13H2,1H3,(H,26,32)(H,28,31). The molecule has 2 N–H and O–H groups in total. The summed E-state index contributed by atoms with van der Waals surface area (Å²) in [5, 5.41) is 10.0. The first-order chi connectivity index (χ1) is 15.9. The van der Waals surface area contributed by atoms with Crippen LogP contribution in [0.5, 0.6) is 0 Å². The van der Waals surface area contributed by atoms with Gasteiger partial charge < -0.3 is 15.1 Å². The number of nitrogens with one attached hydrogen (secondary N) is 2. The number of hydrogen-bond acceptors (Lipinski definition) is 5. The molecule has 8 nitrogen and oxygen atoms in total. The second-order valence-corrected chi connectivity index (χ2v) is 7.56. The summed E-state index contributed by atoms with van der Waals surface area (Å²) in [6, 6.07) is 16.3. The highest BCUT2D eigenvalue weighted by Gasteiger charge is 2.22. The molecule has 0 aliphatic carbocycles. The first-order valence-corrected chi connectivity index (χ1v) is 10.3. The lowest BCUT2D eigenvalue weighted by molar-refractivity contribution is 0.0938. The van der Waals surface area contributed by atoms with Crippen molar-refractivity contribution in [1.29, 1.82) is 0 Å². The summed E-state index contributed by atoms with van der Waals surface area (Å²) in [5.74, 6) is -0.709. The smallest absolute Gasteiger partial charge is 0.272 e. The van der Waals surface area contributed by atoms with Gasteiger partial charge in [0.15, 0.2) is 5.78 Å². The van der Waals surface area contributed by atoms with Gasteiger partial charge in [-0.25, -0.2) is 0 Å². The van der Waals surface area contributed by atoms with Gasteiger partial charge in [-0.2, -0.15) is 5.10 Å². The molecule has 2 amide bonds. The van der Waals surface area contributed by atoms with Gasteiger partial charge in [-0.05, 0) is 42.5 Å². The van der Waals surface area contributed by atoms with E-state index in [9.17, 15) is 14.4 Å². The highest BCUT2D eigenvalue weighted by Crippen LogP contribution is 2.20. The number of hydrogen-bond donors (Lipinski definition) is 2. The number of halogens is 1. The molecule has 4 rings (SSSR count). The van der Waals surface area contributed by atoms with E-state index in [1.165, 1.54) is 17.1 Å². The lowest BCUT2D eigenvalue weighted by atomic mass is 9.98. The number of carbonyl (C=O) groups excluding carboxylic acids is 3. The molecule has 2 aromatic carbocycles. The van der Waals surface area contributed by atoms with Gasteiger partial charge >= 0.3 is 0 Å². The first-order valence-electron chi connectivity index (χ1n) is 9.97. The molecule has 0 aliphatic heterocycles. The third-order valence-corrected chi connectivity index (χ3v) is 5.18. The van der Waals surface area contributed by atoms with E-state index in [1.807, 2.05) is 0 Å². The number of benzene rings is 2. The topological polar surface area (TPSA) is 106 Å². The Labute approximate surface area is 194 Å². The summed E-state index contributed by atoms with van der Waals surface area (Å²) in [5.41, 5.74) is 1.18. The van der Waals surface area contributed by atoms with Crippen molar-refractivity contribution >= 4 is 34.9 Å². The average molecular weight is 463 g/mol. The maximum atomic E-state index is 13.1. The number of furan rings is 1. The Morgan fingerprint density at radius 1 is 0.970 bits per heavy atom. The molecule has 0 radical (unpaired) electrons. The molecule has 4 aromatic rings. The van der Waals surface area contributed by atoms with Crippen molar-refractivity contribution in [1.82, 2.24) is 15.1 Å². The third kappa shape index (κ3) is 4.86. The number of carbonyl (C=O) groups is 3. The van der Waals surface area contributed by atoms with Gasteiger partial charge in [0.2, 0.25) is 0 Å². The zero-order valence-corrected chi connectivity index (χ0v) is 18.3. The maximum absolute atomic E-state index is 13.1. The number of rotatable bonds is 7. The van der Waals surface area contributed by atoms with Crippen LogP contribution in [-0.4, -0.2) is 27.4 Å². The minimum atomic E-state index is -0.541. The van der Waals surface area contributed by atoms with Crippen molar-refractivity contribution < 1.29 is 18.8 Å². The minimum Gasteiger partial charge on any atom is -0.467 e. The van der Waals surface area contributed by atoms with Crippen molar-refractivity contribution in [2.45, 2.75) is 6.54 Å². The van der Waals surface area contributed by atoms with Crippen LogP contribution in [0.2, 0.25) is 5.02 Å². The summed E-state index contributed by atoms with van der Waals surface area (Å²) >= 11 is 5.91. The van der Waals surface area contributed by atoms with Crippen LogP contribution in [0, 0.1) is 0 Å². The second-order valence-electron chi connectivity index (χ2n) is 7.13. The van der Waals surface area contributed by atoms with Gasteiger partial charge in [-0.15, -0.1) is 0 Å². The van der Waals surface area contributed by atoms with Crippen molar-refractivity contribution in [2.24, 2.45) is 7.05 Å². The Balaban J connectivity index is 1.55. The number of ketones is 1. The minimum absolute atomic E-state index is 0.163. The fraction of sp³-hybridized carbons (Fsp3) is 0.0833. The summed E-state index contributed by atoms with van der Waals surface area (Å²) in [4.78, 5) is 38.8. The van der Waals surface area contributed by atoms with E-state index < -0.39 is 11.8 Å². The van der Waals surface area contributed by atoms with E-state index in [4.69, 9.17) is 16.0 Å². The summed E-state index contributed by atoms with van der Waals surface area (Å²) in [6.07, 6.45) is 2.89. The predicted molar refractivity (Wildman–Crippen MR) is 122 cm³/mol. The monoisotopic (exact) mass is 462 g/mol. The van der Waals surface area contributed by atoms with Gasteiger partial charge in [0.25, 0.3) is 11.8 Å². The Bertz CT molecular complexity index is 1310. The van der Waals surface area contributed by atoms with Gasteiger partial charge in [0.1, 0.15) is 11.5 Å². The van der Waals surface area contributed by atoms with Crippen LogP contribution in [-0.2, 0) is 13.6 Å². The molecule has 0 unspecified atom stereocenters. The predicted octanol–water partition coefficient (Wildman–Crippen LogP) is 4.08. The number of nitrogens with zero attached hydrogens (tertiary/aromatic N) is 2. The zero-order valence-electron chi connectivity index (χ0n) is 17.5. The summed E-state index contributed by atoms with van der Waals surface area (Å²) < 4.78 is 6.58. The van der Waals surface area contributed by atoms with Crippen LogP contribution in [0.3, 0.4) is 0 Å². The Kier molecular flexibility index (Phi) is 6.37. The van der Waals surface area contributed by atoms with Gasteiger partial charge in [-0.1, -0.05) is 29.8 Å². The molecular formula is C24H19ClN4O4. The van der Waals surface area contributed by atoms with Crippen molar-refractivity contribution in [3.05, 3.63) is 106 Å². The SMILES string of the molecule is Cn1ncc(NC(=O)c2ccccc2C(=O)c2ccc(Cl)cc2)c1C(=O)NCc1ccco1. The summed E-state index contributed by atoms with van der Waals surface area (Å²) in [7, 11) is 1.59. The van der Waals surface area contributed by atoms with Crippen LogP contribution in [0.25, 0.3) is 0 Å². The lowest BCUT2D eigenvalue weighted by Crippen LogP contribution is -2.27. The Hall–Kier alpha value is -4.17. The first kappa shape index (κ1) is 22.0. The van der Waals surface area contributed by atoms with Crippen LogP contribution >= 0.6 is 11.6 Å². The zero-order chi connectivity index (χ0) is 23.4. The molecule has 166 valence electrons. The van der Waals surface area contributed by atoms with Crippen LogP contribution in [0.4, 0.5) is 5.69 Å². The maximum Gasteiger partial charge on any atom is 0.272 e. The number of amides is 2. The van der Waals surface area contributed by atoms with Gasteiger partial charge in [0.05, 0.1) is 30.3 Å². The normalized spacial score (nSPS) is 10.6. The highest BCUT2D eigenvalue weighted by molar-refractivity contribution is 6.30. The summed E-state index contributed by atoms with van der Waals surface area (Å²) in [6.45, 7) is 0.183. The fourth-order valence-electron chi connectivity index (χ4n) is 3.29. The van der Waals surface area contributed by atoms with E-state index in [-0.39, 0.29) is 34.8 Å². The van der Waals surface area contributed by atoms with Crippen LogP contribution in [0.15, 0.2) is 77.5 Å². The van der Waals surface area contributed by atoms with Gasteiger partial charge in [-0.3, -0.25) is 19.1 Å². The highest BCUT2D eigenvalue weighted by atomic mass is 35.5. The van der Waals surface area contributed by atoms with Crippen molar-refractivity contribution in [3.8, 4) is 0 Å². The van der Waals surface area contributed by atoms with E-state index in [2.05, 4.69) is 15.7 Å². The molecule has 0 aliphatic rings. The second kappa shape index (κ2) is 9.54. The number of anilines is 1. The molecule has 2 aromatic heterocycles. The number of aryl methyl sites for hydroxylation is 1. The molecule has 0 atom stereocenters. The van der Waals surface area contributed by atoms with E-state index in [0.29, 0.717) is 16.3 Å². The Morgan fingerprint density at radius 3 is 2.39 bits per heavy atom. The molecule has 0 saturated carbocycles. The lowest BCUT2D eigenvalue weighted by Gasteiger charge is -2.11. The molecular weight excluding hydrogens is 444 g/mol. The van der Waals surface area contributed by atoms with E-state index in [1.54, 1.807) is 67.7 Å². The van der Waals surface area contributed by atoms with Crippen molar-refractivity contribution in [2.75, 3.05) is 5.32 Å². The fourth-order valence-corrected chi connectivity index (χ4v) is 3.41. The Morgan fingerprint density at radius 2 is 1.70 bits per heavy atom. The molecule has 0 saturated heterocycles. The van der Waals surface area contributed by atoms with Crippen molar-refractivity contribution in [3.63, 3.8) is 0 Å².